The zero-order chi connectivity index (χ0) is 28.1. The third-order valence-corrected chi connectivity index (χ3v) is 9.86. The minimum absolute atomic E-state index is 0.185. The molecule has 2 fully saturated rings. The van der Waals surface area contributed by atoms with Crippen molar-refractivity contribution in [3.05, 3.63) is 84.6 Å². The molecule has 1 aromatic heterocycles. The van der Waals surface area contributed by atoms with E-state index in [1.54, 1.807) is 4.90 Å². The van der Waals surface area contributed by atoms with Crippen LogP contribution in [0.4, 0.5) is 15.8 Å². The molecule has 0 saturated carbocycles. The van der Waals surface area contributed by atoms with Crippen LogP contribution in [0.25, 0.3) is 0 Å². The molecule has 3 aliphatic heterocycles. The molecule has 3 amide bonds. The summed E-state index contributed by atoms with van der Waals surface area (Å²) in [5.74, 6) is -3.43. The van der Waals surface area contributed by atoms with E-state index in [4.69, 9.17) is 4.74 Å². The van der Waals surface area contributed by atoms with E-state index in [1.165, 1.54) is 53.1 Å². The maximum Gasteiger partial charge on any atom is 0.308 e. The van der Waals surface area contributed by atoms with E-state index in [0.29, 0.717) is 41.8 Å². The quantitative estimate of drug-likeness (QED) is 0.254. The standard InChI is InChI=1S/C26H21FN4O7S2/c27-15-3-1-14(2-4-15)19-20-21(24(34)30(23(20)33)16-5-7-17(8-6-16)31(36)37)39-25-22(19)40-26(35)29(25)13-18(32)28-9-11-38-12-10-28/h1-8,19-21H,9-13H2. The fraction of sp³-hybridized carbons (Fsp3) is 0.308. The van der Waals surface area contributed by atoms with Gasteiger partial charge in [-0.1, -0.05) is 35.2 Å². The summed E-state index contributed by atoms with van der Waals surface area (Å²) in [5.41, 5.74) is 0.559. The van der Waals surface area contributed by atoms with Crippen LogP contribution in [-0.4, -0.2) is 63.7 Å². The number of fused-ring (bicyclic) bond motifs is 2. The fourth-order valence-electron chi connectivity index (χ4n) is 5.31. The van der Waals surface area contributed by atoms with Gasteiger partial charge in [0.25, 0.3) is 5.69 Å². The lowest BCUT2D eigenvalue weighted by Gasteiger charge is -2.31. The molecule has 2 aromatic carbocycles. The number of imide groups is 1. The van der Waals surface area contributed by atoms with Crippen LogP contribution >= 0.6 is 23.1 Å². The smallest absolute Gasteiger partial charge is 0.308 e. The summed E-state index contributed by atoms with van der Waals surface area (Å²) in [6, 6.07) is 10.7. The van der Waals surface area contributed by atoms with Crippen LogP contribution in [0.5, 0.6) is 0 Å². The highest BCUT2D eigenvalue weighted by atomic mass is 32.2. The van der Waals surface area contributed by atoms with E-state index in [2.05, 4.69) is 0 Å². The maximum atomic E-state index is 13.8. The Labute approximate surface area is 234 Å². The normalized spacial score (nSPS) is 22.3. The van der Waals surface area contributed by atoms with Gasteiger partial charge in [-0.3, -0.25) is 33.9 Å². The number of amides is 3. The molecule has 2 saturated heterocycles. The van der Waals surface area contributed by atoms with Gasteiger partial charge in [-0.05, 0) is 29.8 Å². The lowest BCUT2D eigenvalue weighted by Crippen LogP contribution is -2.43. The van der Waals surface area contributed by atoms with Crippen LogP contribution in [0.3, 0.4) is 0 Å². The van der Waals surface area contributed by atoms with Gasteiger partial charge in [-0.15, -0.1) is 0 Å². The first kappa shape index (κ1) is 26.3. The van der Waals surface area contributed by atoms with Gasteiger partial charge in [0.2, 0.25) is 17.7 Å². The molecule has 3 aromatic rings. The molecule has 3 unspecified atom stereocenters. The van der Waals surface area contributed by atoms with Gasteiger partial charge >= 0.3 is 4.87 Å². The highest BCUT2D eigenvalue weighted by Crippen LogP contribution is 2.53. The Hall–Kier alpha value is -3.88. The van der Waals surface area contributed by atoms with Crippen LogP contribution in [0.15, 0.2) is 58.4 Å². The molecule has 0 N–H and O–H groups in total. The number of carbonyl (C=O) groups excluding carboxylic acids is 3. The average molecular weight is 585 g/mol. The third-order valence-electron chi connectivity index (χ3n) is 7.25. The lowest BCUT2D eigenvalue weighted by atomic mass is 9.83. The molecular formula is C26H21FN4O7S2. The second kappa shape index (κ2) is 10.3. The molecule has 4 heterocycles. The summed E-state index contributed by atoms with van der Waals surface area (Å²) in [5, 5.41) is 10.6. The number of thioether (sulfide) groups is 1. The van der Waals surface area contributed by atoms with Gasteiger partial charge < -0.3 is 9.64 Å². The highest BCUT2D eigenvalue weighted by Gasteiger charge is 2.56. The number of thiazole rings is 1. The molecule has 0 aliphatic carbocycles. The zero-order valence-electron chi connectivity index (χ0n) is 20.7. The van der Waals surface area contributed by atoms with Crippen molar-refractivity contribution in [2.75, 3.05) is 31.2 Å². The minimum Gasteiger partial charge on any atom is -0.378 e. The molecule has 3 aliphatic rings. The number of hydrogen-bond acceptors (Lipinski definition) is 9. The summed E-state index contributed by atoms with van der Waals surface area (Å²) < 4.78 is 20.5. The topological polar surface area (TPSA) is 132 Å². The average Bonchev–Trinajstić information content (AvgIpc) is 3.40. The number of ether oxygens (including phenoxy) is 1. The minimum atomic E-state index is -0.927. The van der Waals surface area contributed by atoms with Gasteiger partial charge in [0, 0.05) is 36.0 Å². The van der Waals surface area contributed by atoms with E-state index in [9.17, 15) is 33.7 Å². The molecule has 6 rings (SSSR count). The lowest BCUT2D eigenvalue weighted by molar-refractivity contribution is -0.384. The molecule has 0 radical (unpaired) electrons. The number of nitrogens with zero attached hydrogens (tertiary/aromatic N) is 4. The van der Waals surface area contributed by atoms with E-state index in [-0.39, 0.29) is 23.8 Å². The number of rotatable bonds is 5. The largest absolute Gasteiger partial charge is 0.378 e. The molecule has 0 bridgehead atoms. The van der Waals surface area contributed by atoms with Crippen LogP contribution < -0.4 is 9.77 Å². The van der Waals surface area contributed by atoms with Gasteiger partial charge in [-0.25, -0.2) is 9.29 Å². The Balaban J connectivity index is 1.41. The Bertz CT molecular complexity index is 1580. The summed E-state index contributed by atoms with van der Waals surface area (Å²) in [6.07, 6.45) is 0. The monoisotopic (exact) mass is 584 g/mol. The number of anilines is 1. The maximum absolute atomic E-state index is 13.8. The molecule has 206 valence electrons. The number of halogens is 1. The van der Waals surface area contributed by atoms with Crippen LogP contribution in [-0.2, 0) is 25.7 Å². The number of non-ortho nitro benzene ring substituents is 1. The summed E-state index contributed by atoms with van der Waals surface area (Å²) in [7, 11) is 0. The van der Waals surface area contributed by atoms with Crippen molar-refractivity contribution in [2.45, 2.75) is 22.7 Å². The van der Waals surface area contributed by atoms with E-state index in [0.717, 1.165) is 28.0 Å². The van der Waals surface area contributed by atoms with Gasteiger partial charge in [0.15, 0.2) is 0 Å². The van der Waals surface area contributed by atoms with Crippen molar-refractivity contribution in [3.8, 4) is 0 Å². The summed E-state index contributed by atoms with van der Waals surface area (Å²) in [4.78, 5) is 67.1. The Kier molecular flexibility index (Phi) is 6.76. The third kappa shape index (κ3) is 4.41. The predicted molar refractivity (Wildman–Crippen MR) is 143 cm³/mol. The Morgan fingerprint density at radius 1 is 1.02 bits per heavy atom. The van der Waals surface area contributed by atoms with Crippen LogP contribution in [0.1, 0.15) is 16.4 Å². The van der Waals surface area contributed by atoms with Crippen molar-refractivity contribution in [1.82, 2.24) is 9.47 Å². The van der Waals surface area contributed by atoms with Crippen molar-refractivity contribution in [3.63, 3.8) is 0 Å². The zero-order valence-corrected chi connectivity index (χ0v) is 22.4. The number of morpholine rings is 1. The van der Waals surface area contributed by atoms with Crippen LogP contribution in [0, 0.1) is 21.8 Å². The Morgan fingerprint density at radius 2 is 1.70 bits per heavy atom. The number of aromatic nitrogens is 1. The van der Waals surface area contributed by atoms with Gasteiger partial charge in [0.1, 0.15) is 17.6 Å². The van der Waals surface area contributed by atoms with Crippen molar-refractivity contribution >= 4 is 52.2 Å². The number of hydrogen-bond donors (Lipinski definition) is 0. The highest BCUT2D eigenvalue weighted by molar-refractivity contribution is 8.00. The molecule has 40 heavy (non-hydrogen) atoms. The summed E-state index contributed by atoms with van der Waals surface area (Å²) >= 11 is 1.97. The van der Waals surface area contributed by atoms with Crippen LogP contribution in [0.2, 0.25) is 0 Å². The SMILES string of the molecule is O=C(Cn1c2c(sc1=O)C(c1ccc(F)cc1)C1C(=O)N(c3ccc([N+](=O)[O-])cc3)C(=O)C1S2)N1CCOCC1. The molecule has 3 atom stereocenters. The van der Waals surface area contributed by atoms with Crippen molar-refractivity contribution < 1.29 is 28.4 Å². The fourth-order valence-corrected chi connectivity index (χ4v) is 8.08. The first-order chi connectivity index (χ1) is 19.2. The molecule has 0 spiro atoms. The first-order valence-electron chi connectivity index (χ1n) is 12.4. The van der Waals surface area contributed by atoms with E-state index >= 15 is 0 Å². The summed E-state index contributed by atoms with van der Waals surface area (Å²) in [6.45, 7) is 1.41. The van der Waals surface area contributed by atoms with Crippen molar-refractivity contribution in [2.24, 2.45) is 5.92 Å². The molecular weight excluding hydrogens is 563 g/mol. The Morgan fingerprint density at radius 3 is 2.35 bits per heavy atom. The predicted octanol–water partition coefficient (Wildman–Crippen LogP) is 2.61. The second-order valence-corrected chi connectivity index (χ2v) is 11.6. The second-order valence-electron chi connectivity index (χ2n) is 9.50. The van der Waals surface area contributed by atoms with Gasteiger partial charge in [-0.2, -0.15) is 0 Å². The first-order valence-corrected chi connectivity index (χ1v) is 14.1. The molecule has 11 nitrogen and oxygen atoms in total. The number of nitro groups is 1. The van der Waals surface area contributed by atoms with E-state index in [1.807, 2.05) is 0 Å². The molecule has 14 heteroatoms. The van der Waals surface area contributed by atoms with Gasteiger partial charge in [0.05, 0.1) is 34.8 Å². The van der Waals surface area contributed by atoms with Crippen molar-refractivity contribution in [1.29, 1.82) is 0 Å². The van der Waals surface area contributed by atoms with E-state index < -0.39 is 44.5 Å². The number of carbonyl (C=O) groups is 3. The number of benzene rings is 2. The number of nitro benzene ring substituents is 1.